The molecule has 1 aliphatic rings. The maximum Gasteiger partial charge on any atom is 0.306 e. The van der Waals surface area contributed by atoms with Crippen LogP contribution in [0.25, 0.3) is 0 Å². The SMILES string of the molecule is CC(O)(CNC(=O)CCN1CCCC1)CC(=O)O. The van der Waals surface area contributed by atoms with Crippen LogP contribution in [0.3, 0.4) is 0 Å². The summed E-state index contributed by atoms with van der Waals surface area (Å²) in [4.78, 5) is 24.2. The summed E-state index contributed by atoms with van der Waals surface area (Å²) >= 11 is 0. The fraction of sp³-hybridized carbons (Fsp3) is 0.833. The van der Waals surface area contributed by atoms with Crippen molar-refractivity contribution >= 4 is 11.9 Å². The fourth-order valence-corrected chi connectivity index (χ4v) is 2.03. The summed E-state index contributed by atoms with van der Waals surface area (Å²) in [5, 5.41) is 20.9. The third-order valence-electron chi connectivity index (χ3n) is 3.05. The normalized spacial score (nSPS) is 19.4. The van der Waals surface area contributed by atoms with Crippen molar-refractivity contribution < 1.29 is 19.8 Å². The second-order valence-electron chi connectivity index (χ2n) is 5.14. The highest BCUT2D eigenvalue weighted by molar-refractivity contribution is 5.76. The van der Waals surface area contributed by atoms with Gasteiger partial charge in [0.1, 0.15) is 0 Å². The number of carbonyl (C=O) groups excluding carboxylic acids is 1. The number of rotatable bonds is 7. The van der Waals surface area contributed by atoms with Crippen molar-refractivity contribution in [3.63, 3.8) is 0 Å². The van der Waals surface area contributed by atoms with Gasteiger partial charge in [-0.1, -0.05) is 0 Å². The van der Waals surface area contributed by atoms with Crippen molar-refractivity contribution in [2.45, 2.75) is 38.2 Å². The molecule has 1 unspecified atom stereocenters. The van der Waals surface area contributed by atoms with Crippen LogP contribution >= 0.6 is 0 Å². The molecule has 1 rings (SSSR count). The molecular formula is C12H22N2O4. The summed E-state index contributed by atoms with van der Waals surface area (Å²) in [6.45, 7) is 4.20. The molecule has 104 valence electrons. The number of hydrogen-bond donors (Lipinski definition) is 3. The van der Waals surface area contributed by atoms with Gasteiger partial charge in [0.2, 0.25) is 5.91 Å². The Kier molecular flexibility index (Phi) is 5.55. The van der Waals surface area contributed by atoms with Crippen LogP contribution in [0.1, 0.15) is 32.6 Å². The first-order valence-corrected chi connectivity index (χ1v) is 6.32. The van der Waals surface area contributed by atoms with E-state index in [1.54, 1.807) is 0 Å². The molecule has 3 N–H and O–H groups in total. The number of amides is 1. The molecule has 1 saturated heterocycles. The van der Waals surface area contributed by atoms with Crippen molar-refractivity contribution in [1.82, 2.24) is 10.2 Å². The van der Waals surface area contributed by atoms with Crippen molar-refractivity contribution in [2.75, 3.05) is 26.2 Å². The van der Waals surface area contributed by atoms with Crippen LogP contribution in [0.15, 0.2) is 0 Å². The van der Waals surface area contributed by atoms with E-state index in [9.17, 15) is 14.7 Å². The topological polar surface area (TPSA) is 89.9 Å². The number of likely N-dealkylation sites (tertiary alicyclic amines) is 1. The summed E-state index contributed by atoms with van der Waals surface area (Å²) in [5.41, 5.74) is -1.39. The summed E-state index contributed by atoms with van der Waals surface area (Å²) in [6.07, 6.45) is 2.40. The number of aliphatic hydroxyl groups is 1. The van der Waals surface area contributed by atoms with Gasteiger partial charge in [0.25, 0.3) is 0 Å². The molecular weight excluding hydrogens is 236 g/mol. The summed E-state index contributed by atoms with van der Waals surface area (Å²) in [6, 6.07) is 0. The number of carboxylic acids is 1. The molecule has 0 saturated carbocycles. The van der Waals surface area contributed by atoms with Crippen LogP contribution in [0.4, 0.5) is 0 Å². The van der Waals surface area contributed by atoms with Gasteiger partial charge in [-0.2, -0.15) is 0 Å². The lowest BCUT2D eigenvalue weighted by Crippen LogP contribution is -2.42. The maximum atomic E-state index is 11.5. The third kappa shape index (κ3) is 5.97. The zero-order chi connectivity index (χ0) is 13.6. The number of hydrogen-bond acceptors (Lipinski definition) is 4. The Labute approximate surface area is 107 Å². The molecule has 0 aromatic carbocycles. The smallest absolute Gasteiger partial charge is 0.306 e. The van der Waals surface area contributed by atoms with E-state index in [4.69, 9.17) is 5.11 Å². The Bertz CT molecular complexity index is 298. The average Bonchev–Trinajstić information content (AvgIpc) is 2.74. The van der Waals surface area contributed by atoms with Crippen molar-refractivity contribution in [3.8, 4) is 0 Å². The van der Waals surface area contributed by atoms with Crippen LogP contribution in [0.2, 0.25) is 0 Å². The summed E-state index contributed by atoms with van der Waals surface area (Å²) in [7, 11) is 0. The number of nitrogens with zero attached hydrogens (tertiary/aromatic N) is 1. The molecule has 1 heterocycles. The van der Waals surface area contributed by atoms with Crippen LogP contribution in [-0.2, 0) is 9.59 Å². The first-order valence-electron chi connectivity index (χ1n) is 6.32. The Morgan fingerprint density at radius 3 is 2.50 bits per heavy atom. The van der Waals surface area contributed by atoms with Gasteiger partial charge in [-0.05, 0) is 32.9 Å². The third-order valence-corrected chi connectivity index (χ3v) is 3.05. The van der Waals surface area contributed by atoms with Crippen LogP contribution in [-0.4, -0.2) is 58.8 Å². The highest BCUT2D eigenvalue weighted by atomic mass is 16.4. The van der Waals surface area contributed by atoms with E-state index in [1.165, 1.54) is 19.8 Å². The molecule has 6 heteroatoms. The van der Waals surface area contributed by atoms with E-state index < -0.39 is 11.6 Å². The van der Waals surface area contributed by atoms with Gasteiger partial charge >= 0.3 is 5.97 Å². The lowest BCUT2D eigenvalue weighted by Gasteiger charge is -2.22. The van der Waals surface area contributed by atoms with Crippen molar-refractivity contribution in [2.24, 2.45) is 0 Å². The molecule has 1 aliphatic heterocycles. The first-order chi connectivity index (χ1) is 8.39. The molecule has 1 atom stereocenters. The van der Waals surface area contributed by atoms with Crippen molar-refractivity contribution in [1.29, 1.82) is 0 Å². The minimum Gasteiger partial charge on any atom is -0.481 e. The van der Waals surface area contributed by atoms with Crippen molar-refractivity contribution in [3.05, 3.63) is 0 Å². The van der Waals surface area contributed by atoms with E-state index in [0.717, 1.165) is 19.6 Å². The maximum absolute atomic E-state index is 11.5. The second-order valence-corrected chi connectivity index (χ2v) is 5.14. The van der Waals surface area contributed by atoms with Crippen LogP contribution < -0.4 is 5.32 Å². The molecule has 1 amide bonds. The van der Waals surface area contributed by atoms with Gasteiger partial charge in [0.05, 0.1) is 12.0 Å². The average molecular weight is 258 g/mol. The highest BCUT2D eigenvalue weighted by Crippen LogP contribution is 2.09. The highest BCUT2D eigenvalue weighted by Gasteiger charge is 2.24. The van der Waals surface area contributed by atoms with E-state index in [1.807, 2.05) is 0 Å². The Hall–Kier alpha value is -1.14. The molecule has 0 spiro atoms. The largest absolute Gasteiger partial charge is 0.481 e. The van der Waals surface area contributed by atoms with E-state index in [-0.39, 0.29) is 18.9 Å². The first kappa shape index (κ1) is 14.9. The number of nitrogens with one attached hydrogen (secondary N) is 1. The minimum absolute atomic E-state index is 0.0296. The van der Waals surface area contributed by atoms with Gasteiger partial charge in [-0.25, -0.2) is 0 Å². The van der Waals surface area contributed by atoms with Gasteiger partial charge in [-0.3, -0.25) is 9.59 Å². The lowest BCUT2D eigenvalue weighted by molar-refractivity contribution is -0.142. The fourth-order valence-electron chi connectivity index (χ4n) is 2.03. The lowest BCUT2D eigenvalue weighted by atomic mass is 10.0. The summed E-state index contributed by atoms with van der Waals surface area (Å²) < 4.78 is 0. The Balaban J connectivity index is 2.17. The van der Waals surface area contributed by atoms with E-state index in [0.29, 0.717) is 6.42 Å². The van der Waals surface area contributed by atoms with Crippen LogP contribution in [0, 0.1) is 0 Å². The summed E-state index contributed by atoms with van der Waals surface area (Å²) in [5.74, 6) is -1.22. The zero-order valence-corrected chi connectivity index (χ0v) is 10.8. The molecule has 0 aromatic rings. The molecule has 18 heavy (non-hydrogen) atoms. The monoisotopic (exact) mass is 258 g/mol. The molecule has 6 nitrogen and oxygen atoms in total. The van der Waals surface area contributed by atoms with E-state index in [2.05, 4.69) is 10.2 Å². The Morgan fingerprint density at radius 2 is 1.94 bits per heavy atom. The number of aliphatic carboxylic acids is 1. The molecule has 0 bridgehead atoms. The molecule has 0 radical (unpaired) electrons. The van der Waals surface area contributed by atoms with Gasteiger partial charge < -0.3 is 20.4 Å². The minimum atomic E-state index is -1.39. The van der Waals surface area contributed by atoms with Gasteiger partial charge in [0, 0.05) is 19.5 Å². The standard InChI is InChI=1S/C12H22N2O4/c1-12(18,8-11(16)17)9-13-10(15)4-7-14-5-2-3-6-14/h18H,2-9H2,1H3,(H,13,15)(H,16,17). The second kappa shape index (κ2) is 6.70. The molecule has 0 aliphatic carbocycles. The predicted octanol–water partition coefficient (Wildman–Crippen LogP) is -0.186. The predicted molar refractivity (Wildman–Crippen MR) is 66.2 cm³/mol. The van der Waals surface area contributed by atoms with Crippen LogP contribution in [0.5, 0.6) is 0 Å². The zero-order valence-electron chi connectivity index (χ0n) is 10.8. The van der Waals surface area contributed by atoms with E-state index >= 15 is 0 Å². The molecule has 0 aromatic heterocycles. The van der Waals surface area contributed by atoms with Gasteiger partial charge in [-0.15, -0.1) is 0 Å². The quantitative estimate of drug-likeness (QED) is 0.589. The van der Waals surface area contributed by atoms with Gasteiger partial charge in [0.15, 0.2) is 0 Å². The number of carboxylic acid groups (broad SMARTS) is 1. The molecule has 1 fully saturated rings. The number of carbonyl (C=O) groups is 2. The Morgan fingerprint density at radius 1 is 1.33 bits per heavy atom.